The summed E-state index contributed by atoms with van der Waals surface area (Å²) in [5.41, 5.74) is 0.972. The molecule has 0 radical (unpaired) electrons. The van der Waals surface area contributed by atoms with Crippen molar-refractivity contribution in [1.82, 2.24) is 15.2 Å². The Hall–Kier alpha value is -2.93. The van der Waals surface area contributed by atoms with Gasteiger partial charge in [0.05, 0.1) is 13.0 Å². The van der Waals surface area contributed by atoms with Crippen molar-refractivity contribution in [3.8, 4) is 0 Å². The number of nitrogens with zero attached hydrogens (tertiary/aromatic N) is 3. The third-order valence-electron chi connectivity index (χ3n) is 4.99. The Morgan fingerprint density at radius 1 is 1.04 bits per heavy atom. The quantitative estimate of drug-likeness (QED) is 0.721. The SMILES string of the molecule is O=C(Cc1cccc2ccccc12)NCC(=O)N1CCN(c2nccs2)CC1. The van der Waals surface area contributed by atoms with Gasteiger partial charge in [0.2, 0.25) is 11.8 Å². The molecule has 2 aromatic carbocycles. The third-order valence-corrected chi connectivity index (χ3v) is 5.82. The number of hydrogen-bond acceptors (Lipinski definition) is 5. The smallest absolute Gasteiger partial charge is 0.242 e. The molecule has 3 aromatic rings. The van der Waals surface area contributed by atoms with Crippen molar-refractivity contribution in [3.63, 3.8) is 0 Å². The zero-order valence-electron chi connectivity index (χ0n) is 15.5. The average Bonchev–Trinajstić information content (AvgIpc) is 3.27. The van der Waals surface area contributed by atoms with E-state index in [1.54, 1.807) is 17.5 Å². The molecule has 2 heterocycles. The number of fused-ring (bicyclic) bond motifs is 1. The minimum atomic E-state index is -0.133. The zero-order chi connectivity index (χ0) is 19.3. The van der Waals surface area contributed by atoms with Gasteiger partial charge in [0, 0.05) is 37.8 Å². The first-order valence-electron chi connectivity index (χ1n) is 9.36. The molecule has 1 aromatic heterocycles. The van der Waals surface area contributed by atoms with Crippen molar-refractivity contribution in [2.75, 3.05) is 37.6 Å². The standard InChI is InChI=1S/C21H22N4O2S/c26-19(14-17-6-3-5-16-4-1-2-7-18(16)17)23-15-20(27)24-9-11-25(12-10-24)21-22-8-13-28-21/h1-8,13H,9-12,14-15H2,(H,23,26). The van der Waals surface area contributed by atoms with Gasteiger partial charge in [-0.25, -0.2) is 4.98 Å². The molecule has 1 saturated heterocycles. The van der Waals surface area contributed by atoms with Crippen LogP contribution in [0.5, 0.6) is 0 Å². The van der Waals surface area contributed by atoms with Crippen LogP contribution in [0.3, 0.4) is 0 Å². The molecular weight excluding hydrogens is 372 g/mol. The third kappa shape index (κ3) is 4.14. The van der Waals surface area contributed by atoms with Gasteiger partial charge in [-0.2, -0.15) is 0 Å². The predicted molar refractivity (Wildman–Crippen MR) is 112 cm³/mol. The second-order valence-electron chi connectivity index (χ2n) is 6.77. The van der Waals surface area contributed by atoms with E-state index in [0.29, 0.717) is 13.1 Å². The highest BCUT2D eigenvalue weighted by molar-refractivity contribution is 7.13. The van der Waals surface area contributed by atoms with Gasteiger partial charge in [0.15, 0.2) is 5.13 Å². The van der Waals surface area contributed by atoms with Gasteiger partial charge in [0.1, 0.15) is 0 Å². The molecule has 0 unspecified atom stereocenters. The molecule has 0 atom stereocenters. The molecular formula is C21H22N4O2S. The van der Waals surface area contributed by atoms with Crippen molar-refractivity contribution < 1.29 is 9.59 Å². The van der Waals surface area contributed by atoms with E-state index in [0.717, 1.165) is 34.6 Å². The van der Waals surface area contributed by atoms with Crippen molar-refractivity contribution in [2.24, 2.45) is 0 Å². The lowest BCUT2D eigenvalue weighted by Crippen LogP contribution is -2.51. The highest BCUT2D eigenvalue weighted by Crippen LogP contribution is 2.20. The van der Waals surface area contributed by atoms with Crippen molar-refractivity contribution in [3.05, 3.63) is 59.6 Å². The van der Waals surface area contributed by atoms with E-state index in [1.165, 1.54) is 0 Å². The summed E-state index contributed by atoms with van der Waals surface area (Å²) in [6, 6.07) is 14.0. The largest absolute Gasteiger partial charge is 0.347 e. The van der Waals surface area contributed by atoms with Crippen molar-refractivity contribution in [1.29, 1.82) is 0 Å². The normalized spacial score (nSPS) is 14.3. The van der Waals surface area contributed by atoms with E-state index < -0.39 is 0 Å². The van der Waals surface area contributed by atoms with E-state index in [-0.39, 0.29) is 24.8 Å². The van der Waals surface area contributed by atoms with Gasteiger partial charge >= 0.3 is 0 Å². The lowest BCUT2D eigenvalue weighted by atomic mass is 10.0. The Kier molecular flexibility index (Phi) is 5.53. The summed E-state index contributed by atoms with van der Waals surface area (Å²) in [6.45, 7) is 2.88. The number of anilines is 1. The number of nitrogens with one attached hydrogen (secondary N) is 1. The first-order valence-corrected chi connectivity index (χ1v) is 10.2. The van der Waals surface area contributed by atoms with Crippen molar-refractivity contribution >= 4 is 39.1 Å². The molecule has 144 valence electrons. The van der Waals surface area contributed by atoms with Gasteiger partial charge in [-0.3, -0.25) is 9.59 Å². The number of carbonyl (C=O) groups is 2. The van der Waals surface area contributed by atoms with Crippen LogP contribution in [0.1, 0.15) is 5.56 Å². The molecule has 7 heteroatoms. The Morgan fingerprint density at radius 2 is 1.82 bits per heavy atom. The molecule has 2 amide bonds. The summed E-state index contributed by atoms with van der Waals surface area (Å²) < 4.78 is 0. The van der Waals surface area contributed by atoms with Crippen LogP contribution in [0.25, 0.3) is 10.8 Å². The monoisotopic (exact) mass is 394 g/mol. The van der Waals surface area contributed by atoms with E-state index in [9.17, 15) is 9.59 Å². The number of benzene rings is 2. The molecule has 1 N–H and O–H groups in total. The van der Waals surface area contributed by atoms with Crippen LogP contribution < -0.4 is 10.2 Å². The number of carbonyl (C=O) groups excluding carboxylic acids is 2. The molecule has 0 aliphatic carbocycles. The van der Waals surface area contributed by atoms with Gasteiger partial charge in [-0.1, -0.05) is 42.5 Å². The minimum absolute atomic E-state index is 0.0370. The lowest BCUT2D eigenvalue weighted by molar-refractivity contribution is -0.133. The molecule has 4 rings (SSSR count). The van der Waals surface area contributed by atoms with Crippen LogP contribution in [0, 0.1) is 0 Å². The maximum Gasteiger partial charge on any atom is 0.242 e. The van der Waals surface area contributed by atoms with Crippen LogP contribution in [0.4, 0.5) is 5.13 Å². The zero-order valence-corrected chi connectivity index (χ0v) is 16.3. The molecule has 1 aliphatic heterocycles. The topological polar surface area (TPSA) is 65.5 Å². The summed E-state index contributed by atoms with van der Waals surface area (Å²) in [5, 5.41) is 7.92. The maximum absolute atomic E-state index is 12.4. The number of thiazole rings is 1. The Morgan fingerprint density at radius 3 is 2.61 bits per heavy atom. The summed E-state index contributed by atoms with van der Waals surface area (Å²) in [6.07, 6.45) is 2.06. The predicted octanol–water partition coefficient (Wildman–Crippen LogP) is 2.30. The molecule has 28 heavy (non-hydrogen) atoms. The van der Waals surface area contributed by atoms with E-state index in [4.69, 9.17) is 0 Å². The first kappa shape index (κ1) is 18.4. The number of piperazine rings is 1. The Labute approximate surface area is 167 Å². The van der Waals surface area contributed by atoms with Gasteiger partial charge in [-0.15, -0.1) is 11.3 Å². The van der Waals surface area contributed by atoms with E-state index in [1.807, 2.05) is 52.7 Å². The van der Waals surface area contributed by atoms with Crippen LogP contribution in [-0.2, 0) is 16.0 Å². The van der Waals surface area contributed by atoms with E-state index in [2.05, 4.69) is 15.2 Å². The Balaban J connectivity index is 1.27. The van der Waals surface area contributed by atoms with Gasteiger partial charge < -0.3 is 15.1 Å². The number of hydrogen-bond donors (Lipinski definition) is 1. The summed E-state index contributed by atoms with van der Waals surface area (Å²) in [7, 11) is 0. The number of rotatable bonds is 5. The number of amides is 2. The van der Waals surface area contributed by atoms with Gasteiger partial charge in [-0.05, 0) is 16.3 Å². The fraction of sp³-hybridized carbons (Fsp3) is 0.286. The van der Waals surface area contributed by atoms with Crippen molar-refractivity contribution in [2.45, 2.75) is 6.42 Å². The van der Waals surface area contributed by atoms with Crippen LogP contribution >= 0.6 is 11.3 Å². The lowest BCUT2D eigenvalue weighted by Gasteiger charge is -2.34. The molecule has 1 fully saturated rings. The summed E-state index contributed by atoms with van der Waals surface area (Å²) >= 11 is 1.61. The molecule has 1 aliphatic rings. The fourth-order valence-corrected chi connectivity index (χ4v) is 4.18. The highest BCUT2D eigenvalue weighted by Gasteiger charge is 2.22. The highest BCUT2D eigenvalue weighted by atomic mass is 32.1. The molecule has 0 spiro atoms. The Bertz CT molecular complexity index is 960. The van der Waals surface area contributed by atoms with Crippen LogP contribution in [0.2, 0.25) is 0 Å². The van der Waals surface area contributed by atoms with Gasteiger partial charge in [0.25, 0.3) is 0 Å². The summed E-state index contributed by atoms with van der Waals surface area (Å²) in [4.78, 5) is 33.1. The van der Waals surface area contributed by atoms with Crippen LogP contribution in [0.15, 0.2) is 54.0 Å². The summed E-state index contributed by atoms with van der Waals surface area (Å²) in [5.74, 6) is -0.170. The maximum atomic E-state index is 12.4. The second-order valence-corrected chi connectivity index (χ2v) is 7.65. The second kappa shape index (κ2) is 8.39. The number of aromatic nitrogens is 1. The average molecular weight is 395 g/mol. The molecule has 0 saturated carbocycles. The minimum Gasteiger partial charge on any atom is -0.347 e. The molecule has 6 nitrogen and oxygen atoms in total. The first-order chi connectivity index (χ1) is 13.7. The van der Waals surface area contributed by atoms with Crippen LogP contribution in [-0.4, -0.2) is 54.4 Å². The molecule has 0 bridgehead atoms. The van der Waals surface area contributed by atoms with E-state index >= 15 is 0 Å². The fourth-order valence-electron chi connectivity index (χ4n) is 3.49.